The molecule has 2 rings (SSSR count). The van der Waals surface area contributed by atoms with Crippen LogP contribution < -0.4 is 5.32 Å². The highest BCUT2D eigenvalue weighted by molar-refractivity contribution is 7.98. The van der Waals surface area contributed by atoms with Gasteiger partial charge in [0, 0.05) is 12.6 Å². The van der Waals surface area contributed by atoms with Crippen molar-refractivity contribution in [1.82, 2.24) is 10.2 Å². The molecule has 0 radical (unpaired) electrons. The van der Waals surface area contributed by atoms with E-state index in [0.717, 1.165) is 12.0 Å². The van der Waals surface area contributed by atoms with E-state index in [4.69, 9.17) is 0 Å². The Hall–Kier alpha value is 0.270. The Morgan fingerprint density at radius 2 is 2.19 bits per heavy atom. The molecule has 1 N–H and O–H groups in total. The molecule has 1 atom stereocenters. The first kappa shape index (κ1) is 12.7. The molecule has 0 aromatic carbocycles. The van der Waals surface area contributed by atoms with E-state index in [1.165, 1.54) is 64.0 Å². The maximum atomic E-state index is 3.68. The number of likely N-dealkylation sites (tertiary alicyclic amines) is 1. The molecule has 0 aromatic heterocycles. The Bertz CT molecular complexity index is 194. The molecule has 1 saturated heterocycles. The van der Waals surface area contributed by atoms with Crippen LogP contribution in [-0.4, -0.2) is 49.1 Å². The van der Waals surface area contributed by atoms with E-state index < -0.39 is 0 Å². The summed E-state index contributed by atoms with van der Waals surface area (Å²) in [5.41, 5.74) is 0. The summed E-state index contributed by atoms with van der Waals surface area (Å²) in [5.74, 6) is 2.24. The standard InChI is InChI=1S/C13H26N2S/c1-16-9-3-8-15-7-2-4-12(11-15)10-14-13-5-6-13/h12-14H,2-11H2,1H3. The average Bonchev–Trinajstić information content (AvgIpc) is 3.11. The fourth-order valence-electron chi connectivity index (χ4n) is 2.57. The summed E-state index contributed by atoms with van der Waals surface area (Å²) in [4.78, 5) is 2.68. The third-order valence-corrected chi connectivity index (χ3v) is 4.40. The number of nitrogens with zero attached hydrogens (tertiary/aromatic N) is 1. The molecule has 0 bridgehead atoms. The van der Waals surface area contributed by atoms with Gasteiger partial charge >= 0.3 is 0 Å². The van der Waals surface area contributed by atoms with Crippen molar-refractivity contribution < 1.29 is 0 Å². The second-order valence-corrected chi connectivity index (χ2v) is 6.32. The normalized spacial score (nSPS) is 27.2. The SMILES string of the molecule is CSCCCN1CCCC(CNC2CC2)C1. The Labute approximate surface area is 105 Å². The number of thioether (sulfide) groups is 1. The molecule has 94 valence electrons. The Balaban J connectivity index is 1.58. The van der Waals surface area contributed by atoms with Crippen molar-refractivity contribution in [1.29, 1.82) is 0 Å². The van der Waals surface area contributed by atoms with Crippen molar-refractivity contribution in [2.24, 2.45) is 5.92 Å². The number of rotatable bonds is 7. The number of hydrogen-bond acceptors (Lipinski definition) is 3. The van der Waals surface area contributed by atoms with Crippen molar-refractivity contribution in [2.45, 2.75) is 38.1 Å². The smallest absolute Gasteiger partial charge is 0.00683 e. The van der Waals surface area contributed by atoms with Gasteiger partial charge in [-0.2, -0.15) is 11.8 Å². The van der Waals surface area contributed by atoms with Crippen molar-refractivity contribution in [3.05, 3.63) is 0 Å². The zero-order valence-electron chi connectivity index (χ0n) is 10.6. The van der Waals surface area contributed by atoms with Gasteiger partial charge in [0.05, 0.1) is 0 Å². The monoisotopic (exact) mass is 242 g/mol. The molecular formula is C13H26N2S. The fourth-order valence-corrected chi connectivity index (χ4v) is 2.99. The van der Waals surface area contributed by atoms with Crippen LogP contribution in [0.2, 0.25) is 0 Å². The van der Waals surface area contributed by atoms with Crippen LogP contribution in [0.1, 0.15) is 32.1 Å². The van der Waals surface area contributed by atoms with E-state index in [9.17, 15) is 0 Å². The van der Waals surface area contributed by atoms with Gasteiger partial charge in [-0.25, -0.2) is 0 Å². The molecule has 1 unspecified atom stereocenters. The van der Waals surface area contributed by atoms with Crippen LogP contribution in [0, 0.1) is 5.92 Å². The lowest BCUT2D eigenvalue weighted by Crippen LogP contribution is -2.40. The molecule has 1 heterocycles. The largest absolute Gasteiger partial charge is 0.314 e. The minimum atomic E-state index is 0.881. The van der Waals surface area contributed by atoms with Gasteiger partial charge in [-0.05, 0) is 69.7 Å². The molecule has 0 spiro atoms. The summed E-state index contributed by atoms with van der Waals surface area (Å²) in [6.07, 6.45) is 9.27. The Kier molecular flexibility index (Phi) is 5.46. The van der Waals surface area contributed by atoms with Gasteiger partial charge in [-0.1, -0.05) is 0 Å². The zero-order chi connectivity index (χ0) is 11.2. The van der Waals surface area contributed by atoms with E-state index in [-0.39, 0.29) is 0 Å². The highest BCUT2D eigenvalue weighted by atomic mass is 32.2. The number of nitrogens with one attached hydrogen (secondary N) is 1. The van der Waals surface area contributed by atoms with Crippen molar-refractivity contribution >= 4 is 11.8 Å². The van der Waals surface area contributed by atoms with Crippen molar-refractivity contribution in [3.8, 4) is 0 Å². The predicted molar refractivity (Wildman–Crippen MR) is 73.2 cm³/mol. The van der Waals surface area contributed by atoms with Gasteiger partial charge in [-0.3, -0.25) is 0 Å². The Morgan fingerprint density at radius 3 is 2.94 bits per heavy atom. The van der Waals surface area contributed by atoms with Crippen LogP contribution >= 0.6 is 11.8 Å². The van der Waals surface area contributed by atoms with Crippen LogP contribution in [0.5, 0.6) is 0 Å². The maximum Gasteiger partial charge on any atom is 0.00683 e. The van der Waals surface area contributed by atoms with Crippen LogP contribution in [0.3, 0.4) is 0 Å². The van der Waals surface area contributed by atoms with Gasteiger partial charge in [0.1, 0.15) is 0 Å². The molecule has 1 aliphatic carbocycles. The molecule has 1 aliphatic heterocycles. The quantitative estimate of drug-likeness (QED) is 0.689. The third-order valence-electron chi connectivity index (χ3n) is 3.70. The van der Waals surface area contributed by atoms with E-state index in [1.807, 2.05) is 11.8 Å². The number of hydrogen-bond donors (Lipinski definition) is 1. The van der Waals surface area contributed by atoms with E-state index in [2.05, 4.69) is 16.5 Å². The maximum absolute atomic E-state index is 3.68. The van der Waals surface area contributed by atoms with Crippen LogP contribution in [0.4, 0.5) is 0 Å². The first-order chi connectivity index (χ1) is 7.88. The lowest BCUT2D eigenvalue weighted by molar-refractivity contribution is 0.173. The minimum absolute atomic E-state index is 0.881. The summed E-state index contributed by atoms with van der Waals surface area (Å²) in [5, 5.41) is 3.68. The van der Waals surface area contributed by atoms with Gasteiger partial charge in [0.2, 0.25) is 0 Å². The second-order valence-electron chi connectivity index (χ2n) is 5.34. The molecule has 2 aliphatic rings. The topological polar surface area (TPSA) is 15.3 Å². The molecule has 0 aromatic rings. The van der Waals surface area contributed by atoms with Gasteiger partial charge in [-0.15, -0.1) is 0 Å². The van der Waals surface area contributed by atoms with Gasteiger partial charge < -0.3 is 10.2 Å². The van der Waals surface area contributed by atoms with Crippen LogP contribution in [0.15, 0.2) is 0 Å². The molecule has 3 heteroatoms. The zero-order valence-corrected chi connectivity index (χ0v) is 11.4. The first-order valence-electron chi connectivity index (χ1n) is 6.83. The summed E-state index contributed by atoms with van der Waals surface area (Å²) in [7, 11) is 0. The molecule has 1 saturated carbocycles. The Morgan fingerprint density at radius 1 is 1.31 bits per heavy atom. The van der Waals surface area contributed by atoms with Crippen molar-refractivity contribution in [2.75, 3.05) is 38.2 Å². The lowest BCUT2D eigenvalue weighted by atomic mass is 9.98. The molecule has 2 fully saturated rings. The summed E-state index contributed by atoms with van der Waals surface area (Å²) >= 11 is 1.97. The molecular weight excluding hydrogens is 216 g/mol. The van der Waals surface area contributed by atoms with E-state index in [0.29, 0.717) is 0 Å². The van der Waals surface area contributed by atoms with Crippen LogP contribution in [-0.2, 0) is 0 Å². The van der Waals surface area contributed by atoms with Crippen molar-refractivity contribution in [3.63, 3.8) is 0 Å². The molecule has 16 heavy (non-hydrogen) atoms. The van der Waals surface area contributed by atoms with E-state index in [1.54, 1.807) is 0 Å². The highest BCUT2D eigenvalue weighted by Crippen LogP contribution is 2.21. The molecule has 2 nitrogen and oxygen atoms in total. The average molecular weight is 242 g/mol. The van der Waals surface area contributed by atoms with E-state index >= 15 is 0 Å². The first-order valence-corrected chi connectivity index (χ1v) is 8.22. The van der Waals surface area contributed by atoms with Gasteiger partial charge in [0.25, 0.3) is 0 Å². The predicted octanol–water partition coefficient (Wildman–Crippen LogP) is 2.20. The highest BCUT2D eigenvalue weighted by Gasteiger charge is 2.24. The summed E-state index contributed by atoms with van der Waals surface area (Å²) in [6, 6.07) is 0.881. The number of piperidine rings is 1. The minimum Gasteiger partial charge on any atom is -0.314 e. The molecule has 0 amide bonds. The second kappa shape index (κ2) is 6.87. The summed E-state index contributed by atoms with van der Waals surface area (Å²) < 4.78 is 0. The fraction of sp³-hybridized carbons (Fsp3) is 1.00. The van der Waals surface area contributed by atoms with Crippen LogP contribution in [0.25, 0.3) is 0 Å². The lowest BCUT2D eigenvalue weighted by Gasteiger charge is -2.32. The van der Waals surface area contributed by atoms with Gasteiger partial charge in [0.15, 0.2) is 0 Å². The third kappa shape index (κ3) is 4.64. The summed E-state index contributed by atoms with van der Waals surface area (Å²) in [6.45, 7) is 5.27.